The Labute approximate surface area is 223 Å². The van der Waals surface area contributed by atoms with E-state index in [1.54, 1.807) is 44.4 Å². The molecule has 0 heterocycles. The summed E-state index contributed by atoms with van der Waals surface area (Å²) in [6.07, 6.45) is 1.32. The number of anilines is 1. The first kappa shape index (κ1) is 29.7. The van der Waals surface area contributed by atoms with Gasteiger partial charge in [-0.2, -0.15) is 0 Å². The fourth-order valence-corrected chi connectivity index (χ4v) is 4.85. The van der Waals surface area contributed by atoms with Crippen LogP contribution >= 0.6 is 23.2 Å². The highest BCUT2D eigenvalue weighted by Gasteiger charge is 2.32. The van der Waals surface area contributed by atoms with E-state index in [1.165, 1.54) is 17.0 Å². The standard InChI is InChI=1S/C25H33Cl2N3O5S/c1-6-21(25(32)28-14-17(2)3)29(15-18-10-12-19(35-4)13-11-18)23(31)16-30(36(5,33)34)22-9-7-8-20(26)24(22)27/h7-13,17,21H,6,14-16H2,1-5H3,(H,28,32). The zero-order valence-electron chi connectivity index (χ0n) is 21.1. The van der Waals surface area contributed by atoms with Crippen LogP contribution in [-0.2, 0) is 26.2 Å². The van der Waals surface area contributed by atoms with Crippen molar-refractivity contribution in [1.82, 2.24) is 10.2 Å². The number of nitrogens with zero attached hydrogens (tertiary/aromatic N) is 2. The van der Waals surface area contributed by atoms with Crippen molar-refractivity contribution in [3.63, 3.8) is 0 Å². The van der Waals surface area contributed by atoms with Gasteiger partial charge in [0.15, 0.2) is 0 Å². The van der Waals surface area contributed by atoms with Gasteiger partial charge in [-0.05, 0) is 42.2 Å². The third kappa shape index (κ3) is 8.01. The molecule has 2 rings (SSSR count). The van der Waals surface area contributed by atoms with Crippen LogP contribution in [0.1, 0.15) is 32.8 Å². The molecule has 0 saturated carbocycles. The number of ether oxygens (including phenoxy) is 1. The number of hydrogen-bond acceptors (Lipinski definition) is 5. The Morgan fingerprint density at radius 1 is 1.08 bits per heavy atom. The van der Waals surface area contributed by atoms with E-state index in [9.17, 15) is 18.0 Å². The topological polar surface area (TPSA) is 96.0 Å². The maximum atomic E-state index is 13.7. The predicted molar refractivity (Wildman–Crippen MR) is 144 cm³/mol. The maximum Gasteiger partial charge on any atom is 0.244 e. The molecular weight excluding hydrogens is 525 g/mol. The van der Waals surface area contributed by atoms with Gasteiger partial charge in [0, 0.05) is 13.1 Å². The molecule has 0 spiro atoms. The van der Waals surface area contributed by atoms with Crippen LogP contribution in [0.2, 0.25) is 10.0 Å². The Hall–Kier alpha value is -2.49. The molecule has 1 unspecified atom stereocenters. The number of rotatable bonds is 12. The summed E-state index contributed by atoms with van der Waals surface area (Å²) >= 11 is 12.4. The number of hydrogen-bond donors (Lipinski definition) is 1. The van der Waals surface area contributed by atoms with Gasteiger partial charge < -0.3 is 15.0 Å². The lowest BCUT2D eigenvalue weighted by molar-refractivity contribution is -0.140. The van der Waals surface area contributed by atoms with Crippen molar-refractivity contribution in [3.8, 4) is 5.75 Å². The van der Waals surface area contributed by atoms with Crippen LogP contribution in [0.3, 0.4) is 0 Å². The number of carbonyl (C=O) groups is 2. The number of nitrogens with one attached hydrogen (secondary N) is 1. The summed E-state index contributed by atoms with van der Waals surface area (Å²) in [6.45, 7) is 5.74. The summed E-state index contributed by atoms with van der Waals surface area (Å²) < 4.78 is 31.5. The second kappa shape index (κ2) is 13.2. The number of amides is 2. The Morgan fingerprint density at radius 3 is 2.25 bits per heavy atom. The third-order valence-corrected chi connectivity index (χ3v) is 7.40. The van der Waals surface area contributed by atoms with Crippen LogP contribution in [0, 0.1) is 5.92 Å². The molecule has 2 aromatic rings. The monoisotopic (exact) mass is 557 g/mol. The van der Waals surface area contributed by atoms with Crippen molar-refractivity contribution in [2.24, 2.45) is 5.92 Å². The van der Waals surface area contributed by atoms with Crippen LogP contribution < -0.4 is 14.4 Å². The molecule has 0 aliphatic carbocycles. The molecule has 1 N–H and O–H groups in total. The molecule has 0 aliphatic rings. The Morgan fingerprint density at radius 2 is 1.72 bits per heavy atom. The molecule has 36 heavy (non-hydrogen) atoms. The smallest absolute Gasteiger partial charge is 0.244 e. The van der Waals surface area contributed by atoms with Gasteiger partial charge in [-0.3, -0.25) is 13.9 Å². The van der Waals surface area contributed by atoms with E-state index in [-0.39, 0.29) is 34.1 Å². The highest BCUT2D eigenvalue weighted by molar-refractivity contribution is 7.92. The van der Waals surface area contributed by atoms with Gasteiger partial charge in [0.1, 0.15) is 18.3 Å². The molecule has 1 atom stereocenters. The quantitative estimate of drug-likeness (QED) is 0.418. The van der Waals surface area contributed by atoms with Crippen molar-refractivity contribution in [1.29, 1.82) is 0 Å². The molecule has 2 amide bonds. The van der Waals surface area contributed by atoms with Crippen LogP contribution in [0.25, 0.3) is 0 Å². The Bertz CT molecular complexity index is 1160. The first-order chi connectivity index (χ1) is 16.9. The lowest BCUT2D eigenvalue weighted by Gasteiger charge is -2.33. The van der Waals surface area contributed by atoms with E-state index < -0.39 is 28.5 Å². The van der Waals surface area contributed by atoms with Crippen LogP contribution in [-0.4, -0.2) is 57.6 Å². The lowest BCUT2D eigenvalue weighted by atomic mass is 10.1. The van der Waals surface area contributed by atoms with E-state index in [0.29, 0.717) is 18.7 Å². The van der Waals surface area contributed by atoms with Crippen molar-refractivity contribution in [3.05, 3.63) is 58.1 Å². The number of methoxy groups -OCH3 is 1. The SMILES string of the molecule is CCC(C(=O)NCC(C)C)N(Cc1ccc(OC)cc1)C(=O)CN(c1cccc(Cl)c1Cl)S(C)(=O)=O. The second-order valence-electron chi connectivity index (χ2n) is 8.78. The lowest BCUT2D eigenvalue weighted by Crippen LogP contribution is -2.52. The summed E-state index contributed by atoms with van der Waals surface area (Å²) in [5, 5.41) is 3.05. The minimum absolute atomic E-state index is 0.0146. The van der Waals surface area contributed by atoms with Gasteiger partial charge in [-0.1, -0.05) is 62.2 Å². The van der Waals surface area contributed by atoms with Gasteiger partial charge in [0.25, 0.3) is 0 Å². The summed E-state index contributed by atoms with van der Waals surface area (Å²) in [5.74, 6) is 0.0127. The van der Waals surface area contributed by atoms with Crippen molar-refractivity contribution in [2.45, 2.75) is 39.8 Å². The molecule has 8 nitrogen and oxygen atoms in total. The summed E-state index contributed by atoms with van der Waals surface area (Å²) in [6, 6.07) is 10.8. The second-order valence-corrected chi connectivity index (χ2v) is 11.5. The average molecular weight is 559 g/mol. The van der Waals surface area contributed by atoms with E-state index in [4.69, 9.17) is 27.9 Å². The summed E-state index contributed by atoms with van der Waals surface area (Å²) in [4.78, 5) is 28.1. The van der Waals surface area contributed by atoms with Gasteiger partial charge in [-0.25, -0.2) is 8.42 Å². The zero-order valence-corrected chi connectivity index (χ0v) is 23.5. The highest BCUT2D eigenvalue weighted by atomic mass is 35.5. The van der Waals surface area contributed by atoms with Crippen LogP contribution in [0.4, 0.5) is 5.69 Å². The minimum atomic E-state index is -3.92. The zero-order chi connectivity index (χ0) is 27.0. The average Bonchev–Trinajstić information content (AvgIpc) is 2.82. The van der Waals surface area contributed by atoms with Crippen molar-refractivity contribution in [2.75, 3.05) is 30.8 Å². The molecule has 198 valence electrons. The summed E-state index contributed by atoms with van der Waals surface area (Å²) in [5.41, 5.74) is 0.840. The number of carbonyl (C=O) groups excluding carboxylic acids is 2. The Balaban J connectivity index is 2.46. The third-order valence-electron chi connectivity index (χ3n) is 5.46. The van der Waals surface area contributed by atoms with Gasteiger partial charge in [-0.15, -0.1) is 0 Å². The Kier molecular flexibility index (Phi) is 10.9. The van der Waals surface area contributed by atoms with Gasteiger partial charge >= 0.3 is 0 Å². The summed E-state index contributed by atoms with van der Waals surface area (Å²) in [7, 11) is -2.36. The maximum absolute atomic E-state index is 13.7. The normalized spacial score (nSPS) is 12.2. The van der Waals surface area contributed by atoms with E-state index in [1.807, 2.05) is 13.8 Å². The fourth-order valence-electron chi connectivity index (χ4n) is 3.55. The van der Waals surface area contributed by atoms with Crippen molar-refractivity contribution < 1.29 is 22.7 Å². The molecule has 0 aromatic heterocycles. The molecule has 0 radical (unpaired) electrons. The predicted octanol–water partition coefficient (Wildman–Crippen LogP) is 4.35. The molecule has 0 fully saturated rings. The van der Waals surface area contributed by atoms with Gasteiger partial charge in [0.05, 0.1) is 29.1 Å². The largest absolute Gasteiger partial charge is 0.497 e. The van der Waals surface area contributed by atoms with Crippen LogP contribution in [0.5, 0.6) is 5.75 Å². The fraction of sp³-hybridized carbons (Fsp3) is 0.440. The van der Waals surface area contributed by atoms with Crippen molar-refractivity contribution >= 4 is 50.7 Å². The highest BCUT2D eigenvalue weighted by Crippen LogP contribution is 2.33. The molecule has 0 aliphatic heterocycles. The molecule has 2 aromatic carbocycles. The first-order valence-electron chi connectivity index (χ1n) is 11.5. The van der Waals surface area contributed by atoms with E-state index in [0.717, 1.165) is 16.1 Å². The molecule has 11 heteroatoms. The van der Waals surface area contributed by atoms with E-state index in [2.05, 4.69) is 5.32 Å². The van der Waals surface area contributed by atoms with Gasteiger partial charge in [0.2, 0.25) is 21.8 Å². The van der Waals surface area contributed by atoms with Crippen LogP contribution in [0.15, 0.2) is 42.5 Å². The number of halogens is 2. The number of sulfonamides is 1. The molecular formula is C25H33Cl2N3O5S. The first-order valence-corrected chi connectivity index (χ1v) is 14.1. The molecule has 0 bridgehead atoms. The number of benzene rings is 2. The molecule has 0 saturated heterocycles. The van der Waals surface area contributed by atoms with E-state index >= 15 is 0 Å². The minimum Gasteiger partial charge on any atom is -0.497 e.